The van der Waals surface area contributed by atoms with Gasteiger partial charge >= 0.3 is 0 Å². The minimum Gasteiger partial charge on any atom is -0.365 e. The monoisotopic (exact) mass is 284 g/mol. The zero-order valence-corrected chi connectivity index (χ0v) is 8.62. The fraction of sp³-hybridized carbons (Fsp3) is 0.500. The first kappa shape index (κ1) is 15.9. The Hall–Kier alpha value is 0.648. The van der Waals surface area contributed by atoms with E-state index in [1.807, 2.05) is 11.9 Å². The van der Waals surface area contributed by atoms with Crippen molar-refractivity contribution >= 4 is 0 Å². The molecule has 0 spiro atoms. The van der Waals surface area contributed by atoms with Crippen LogP contribution < -0.4 is 0 Å². The maximum atomic E-state index is 3.64. The molecule has 0 aliphatic carbocycles. The normalized spacial score (nSPS) is 7.50. The molecule has 0 radical (unpaired) electrons. The second-order valence-corrected chi connectivity index (χ2v) is 1.30. The van der Waals surface area contributed by atoms with Gasteiger partial charge < -0.3 is 26.2 Å². The van der Waals surface area contributed by atoms with Crippen LogP contribution >= 0.6 is 0 Å². The summed E-state index contributed by atoms with van der Waals surface area (Å²) >= 11 is 0. The molecule has 0 aromatic carbocycles. The molecule has 0 amide bonds. The molecule has 0 N–H and O–H groups in total. The van der Waals surface area contributed by atoms with Crippen LogP contribution in [0.3, 0.4) is 0 Å². The van der Waals surface area contributed by atoms with Crippen LogP contribution in [0, 0.1) is 21.3 Å². The number of rotatable bonds is 2. The van der Waals surface area contributed by atoms with E-state index in [0.717, 1.165) is 13.1 Å². The Labute approximate surface area is 67.7 Å². The van der Waals surface area contributed by atoms with Crippen LogP contribution in [-0.4, -0.2) is 25.0 Å². The van der Waals surface area contributed by atoms with Crippen molar-refractivity contribution in [3.63, 3.8) is 0 Å². The first-order chi connectivity index (χ1) is 2.81. The Balaban J connectivity index is -0.000000125. The number of hydrogen-bond acceptors (Lipinski definition) is 1. The standard InChI is InChI=1S/C5H11N.CH3.W/c1-4-6(3)5-2;;/h1-2,4-5H2,3H3;1H3;/q-2;-1;. The third-order valence-electron chi connectivity index (χ3n) is 0.763. The van der Waals surface area contributed by atoms with Crippen molar-refractivity contribution < 1.29 is 21.1 Å². The van der Waals surface area contributed by atoms with Gasteiger partial charge in [0.1, 0.15) is 0 Å². The van der Waals surface area contributed by atoms with Gasteiger partial charge in [0.05, 0.1) is 0 Å². The van der Waals surface area contributed by atoms with Crippen LogP contribution in [0.2, 0.25) is 0 Å². The fourth-order valence-electron chi connectivity index (χ4n) is 0.112. The molecule has 0 aliphatic heterocycles. The molecule has 0 atom stereocenters. The minimum absolute atomic E-state index is 0. The van der Waals surface area contributed by atoms with E-state index in [1.165, 1.54) is 0 Å². The molecule has 1 nitrogen and oxygen atoms in total. The van der Waals surface area contributed by atoms with Gasteiger partial charge in [0.25, 0.3) is 0 Å². The molecular weight excluding hydrogens is 270 g/mol. The molecule has 0 heterocycles. The molecule has 0 aromatic heterocycles. The van der Waals surface area contributed by atoms with E-state index in [9.17, 15) is 0 Å². The first-order valence-corrected chi connectivity index (χ1v) is 2.08. The van der Waals surface area contributed by atoms with Crippen LogP contribution in [-0.2, 0) is 21.1 Å². The molecule has 8 heavy (non-hydrogen) atoms. The molecule has 0 saturated carbocycles. The molecule has 0 fully saturated rings. The van der Waals surface area contributed by atoms with Crippen molar-refractivity contribution in [1.82, 2.24) is 4.90 Å². The van der Waals surface area contributed by atoms with Crippen LogP contribution in [0.5, 0.6) is 0 Å². The summed E-state index contributed by atoms with van der Waals surface area (Å²) in [4.78, 5) is 2.03. The molecule has 52 valence electrons. The van der Waals surface area contributed by atoms with E-state index in [-0.39, 0.29) is 28.5 Å². The minimum atomic E-state index is 0. The summed E-state index contributed by atoms with van der Waals surface area (Å²) in [5, 5.41) is 0. The Morgan fingerprint density at radius 1 is 1.25 bits per heavy atom. The van der Waals surface area contributed by atoms with E-state index in [0.29, 0.717) is 0 Å². The van der Waals surface area contributed by atoms with E-state index < -0.39 is 0 Å². The second-order valence-electron chi connectivity index (χ2n) is 1.30. The molecule has 0 rings (SSSR count). The summed E-state index contributed by atoms with van der Waals surface area (Å²) in [5.41, 5.74) is 0. The third-order valence-corrected chi connectivity index (χ3v) is 0.763. The number of hydrogen-bond donors (Lipinski definition) is 0. The smallest absolute Gasteiger partial charge is 0 e. The van der Waals surface area contributed by atoms with Gasteiger partial charge in [-0.1, -0.05) is 0 Å². The van der Waals surface area contributed by atoms with Crippen molar-refractivity contribution in [2.45, 2.75) is 0 Å². The van der Waals surface area contributed by atoms with Crippen LogP contribution in [0.15, 0.2) is 0 Å². The van der Waals surface area contributed by atoms with Gasteiger partial charge in [0.2, 0.25) is 0 Å². The summed E-state index contributed by atoms with van der Waals surface area (Å²) in [6.45, 7) is 8.99. The van der Waals surface area contributed by atoms with Gasteiger partial charge in [0, 0.05) is 21.1 Å². The molecule has 0 unspecified atom stereocenters. The van der Waals surface area contributed by atoms with Crippen molar-refractivity contribution in [1.29, 1.82) is 0 Å². The van der Waals surface area contributed by atoms with Crippen LogP contribution in [0.25, 0.3) is 0 Å². The third kappa shape index (κ3) is 9.82. The van der Waals surface area contributed by atoms with Gasteiger partial charge in [-0.15, -0.1) is 13.1 Å². The molecule has 0 saturated heterocycles. The molecule has 0 aromatic rings. The van der Waals surface area contributed by atoms with Crippen molar-refractivity contribution in [3.8, 4) is 0 Å². The summed E-state index contributed by atoms with van der Waals surface area (Å²) in [6.07, 6.45) is 0. The molecule has 0 bridgehead atoms. The quantitative estimate of drug-likeness (QED) is 0.685. The van der Waals surface area contributed by atoms with Gasteiger partial charge in [-0.25, -0.2) is 0 Å². The van der Waals surface area contributed by atoms with Crippen molar-refractivity contribution in [3.05, 3.63) is 21.3 Å². The summed E-state index contributed by atoms with van der Waals surface area (Å²) in [7, 11) is 1.99. The van der Waals surface area contributed by atoms with Gasteiger partial charge in [-0.2, -0.15) is 0 Å². The Morgan fingerprint density at radius 2 is 1.50 bits per heavy atom. The average molecular weight is 284 g/mol. The molecule has 2 heteroatoms. The maximum Gasteiger partial charge on any atom is 0 e. The Morgan fingerprint density at radius 3 is 1.50 bits per heavy atom. The first-order valence-electron chi connectivity index (χ1n) is 2.08. The zero-order chi connectivity index (χ0) is 4.99. The summed E-state index contributed by atoms with van der Waals surface area (Å²) in [5.74, 6) is 0. The number of nitrogens with zero attached hydrogens (tertiary/aromatic N) is 1. The van der Waals surface area contributed by atoms with E-state index >= 15 is 0 Å². The van der Waals surface area contributed by atoms with E-state index in [4.69, 9.17) is 0 Å². The van der Waals surface area contributed by atoms with Gasteiger partial charge in [0.15, 0.2) is 0 Å². The van der Waals surface area contributed by atoms with E-state index in [2.05, 4.69) is 13.8 Å². The topological polar surface area (TPSA) is 3.24 Å². The predicted molar refractivity (Wildman–Crippen MR) is 34.6 cm³/mol. The largest absolute Gasteiger partial charge is 0.365 e. The van der Waals surface area contributed by atoms with Crippen LogP contribution in [0.1, 0.15) is 0 Å². The van der Waals surface area contributed by atoms with Gasteiger partial charge in [-0.3, -0.25) is 0 Å². The summed E-state index contributed by atoms with van der Waals surface area (Å²) < 4.78 is 0. The Bertz CT molecular complexity index is 27.7. The summed E-state index contributed by atoms with van der Waals surface area (Å²) in [6, 6.07) is 0. The SMILES string of the molecule is [CH2-]CN(C)C[CH2-].[CH3-].[W]. The maximum absolute atomic E-state index is 3.64. The average Bonchev–Trinajstić information content (AvgIpc) is 1.65. The Kier molecular flexibility index (Phi) is 21.0. The second kappa shape index (κ2) is 10.6. The van der Waals surface area contributed by atoms with Crippen LogP contribution in [0.4, 0.5) is 0 Å². The van der Waals surface area contributed by atoms with Crippen molar-refractivity contribution in [2.75, 3.05) is 20.1 Å². The predicted octanol–water partition coefficient (Wildman–Crippen LogP) is 1.03. The fourth-order valence-corrected chi connectivity index (χ4v) is 0.112. The van der Waals surface area contributed by atoms with Crippen molar-refractivity contribution in [2.24, 2.45) is 0 Å². The zero-order valence-electron chi connectivity index (χ0n) is 5.68. The molecule has 0 aliphatic rings. The molecular formula is C6H14NW-3. The van der Waals surface area contributed by atoms with Gasteiger partial charge in [-0.05, 0) is 7.05 Å². The van der Waals surface area contributed by atoms with E-state index in [1.54, 1.807) is 0 Å².